The van der Waals surface area contributed by atoms with Crippen molar-refractivity contribution in [3.63, 3.8) is 0 Å². The molecule has 0 aliphatic carbocycles. The highest BCUT2D eigenvalue weighted by Crippen LogP contribution is 2.31. The number of nitrogens with zero attached hydrogens (tertiary/aromatic N) is 2. The number of nitrogens with one attached hydrogen (secondary N) is 1. The van der Waals surface area contributed by atoms with E-state index in [1.54, 1.807) is 37.3 Å². The molecule has 0 bridgehead atoms. The van der Waals surface area contributed by atoms with Crippen LogP contribution < -0.4 is 10.1 Å². The molecular formula is C18H14BrCl2N3O3S. The first-order valence-electron chi connectivity index (χ1n) is 8.04. The molecule has 0 fully saturated rings. The van der Waals surface area contributed by atoms with Gasteiger partial charge in [0.05, 0.1) is 10.8 Å². The summed E-state index contributed by atoms with van der Waals surface area (Å²) in [5.41, 5.74) is 0.710. The van der Waals surface area contributed by atoms with E-state index in [0.717, 1.165) is 16.2 Å². The van der Waals surface area contributed by atoms with Crippen LogP contribution in [0.25, 0.3) is 0 Å². The quantitative estimate of drug-likeness (QED) is 0.398. The highest BCUT2D eigenvalue weighted by atomic mass is 79.9. The lowest BCUT2D eigenvalue weighted by Gasteiger charge is -2.12. The van der Waals surface area contributed by atoms with Gasteiger partial charge < -0.3 is 14.5 Å². The van der Waals surface area contributed by atoms with E-state index in [-0.39, 0.29) is 22.8 Å². The van der Waals surface area contributed by atoms with Gasteiger partial charge in [-0.2, -0.15) is 0 Å². The Balaban J connectivity index is 1.53. The standard InChI is InChI=1S/C18H14BrCl2N3O3S/c1-10(26-15-7-4-12(20)8-14(15)21)17-23-24-18(27-17)28-9-16(25)22-13-5-2-11(19)3-6-13/h2-8,10H,9H2,1H3,(H,22,25)/t10-/m0/s1. The number of hydrogen-bond donors (Lipinski definition) is 1. The highest BCUT2D eigenvalue weighted by Gasteiger charge is 2.18. The number of benzene rings is 2. The molecule has 1 atom stereocenters. The normalized spacial score (nSPS) is 11.9. The summed E-state index contributed by atoms with van der Waals surface area (Å²) in [6, 6.07) is 12.2. The molecule has 3 rings (SSSR count). The second kappa shape index (κ2) is 9.65. The van der Waals surface area contributed by atoms with Gasteiger partial charge in [-0.25, -0.2) is 0 Å². The van der Waals surface area contributed by atoms with Gasteiger partial charge in [-0.05, 0) is 49.4 Å². The van der Waals surface area contributed by atoms with E-state index < -0.39 is 6.10 Å². The number of carbonyl (C=O) groups excluding carboxylic acids is 1. The Morgan fingerprint density at radius 3 is 2.71 bits per heavy atom. The maximum absolute atomic E-state index is 12.0. The monoisotopic (exact) mass is 501 g/mol. The smallest absolute Gasteiger partial charge is 0.277 e. The molecule has 1 N–H and O–H groups in total. The molecule has 0 spiro atoms. The van der Waals surface area contributed by atoms with E-state index in [1.165, 1.54) is 0 Å². The van der Waals surface area contributed by atoms with E-state index in [0.29, 0.717) is 21.5 Å². The minimum absolute atomic E-state index is 0.135. The summed E-state index contributed by atoms with van der Waals surface area (Å²) in [4.78, 5) is 12.0. The SMILES string of the molecule is C[C@H](Oc1ccc(Cl)cc1Cl)c1nnc(SCC(=O)Nc2ccc(Br)cc2)o1. The molecule has 2 aromatic carbocycles. The first-order valence-corrected chi connectivity index (χ1v) is 10.6. The van der Waals surface area contributed by atoms with Crippen molar-refractivity contribution in [1.29, 1.82) is 0 Å². The maximum Gasteiger partial charge on any atom is 0.277 e. The van der Waals surface area contributed by atoms with Crippen molar-refractivity contribution >= 4 is 62.5 Å². The van der Waals surface area contributed by atoms with Gasteiger partial charge in [0.25, 0.3) is 11.1 Å². The Morgan fingerprint density at radius 1 is 1.25 bits per heavy atom. The van der Waals surface area contributed by atoms with Crippen LogP contribution in [0.5, 0.6) is 5.75 Å². The van der Waals surface area contributed by atoms with Gasteiger partial charge >= 0.3 is 0 Å². The number of ether oxygens (including phenoxy) is 1. The number of aromatic nitrogens is 2. The van der Waals surface area contributed by atoms with Gasteiger partial charge in [0, 0.05) is 15.2 Å². The van der Waals surface area contributed by atoms with E-state index in [4.69, 9.17) is 32.4 Å². The number of anilines is 1. The molecule has 10 heteroatoms. The molecule has 28 heavy (non-hydrogen) atoms. The number of thioether (sulfide) groups is 1. The second-order valence-electron chi connectivity index (χ2n) is 5.58. The Morgan fingerprint density at radius 2 is 2.00 bits per heavy atom. The van der Waals surface area contributed by atoms with Gasteiger partial charge in [0.15, 0.2) is 6.10 Å². The molecule has 1 heterocycles. The predicted octanol–water partition coefficient (Wildman–Crippen LogP) is 6.01. The van der Waals surface area contributed by atoms with Crippen LogP contribution >= 0.6 is 50.9 Å². The third kappa shape index (κ3) is 5.88. The summed E-state index contributed by atoms with van der Waals surface area (Å²) in [7, 11) is 0. The molecule has 0 aliphatic heterocycles. The van der Waals surface area contributed by atoms with Crippen LogP contribution in [0.15, 0.2) is 56.6 Å². The number of carbonyl (C=O) groups is 1. The van der Waals surface area contributed by atoms with Crippen molar-refractivity contribution in [3.05, 3.63) is 62.9 Å². The highest BCUT2D eigenvalue weighted by molar-refractivity contribution is 9.10. The van der Waals surface area contributed by atoms with Crippen molar-refractivity contribution in [2.45, 2.75) is 18.3 Å². The van der Waals surface area contributed by atoms with Gasteiger partial charge in [-0.15, -0.1) is 10.2 Å². The van der Waals surface area contributed by atoms with E-state index in [2.05, 4.69) is 31.4 Å². The fourth-order valence-electron chi connectivity index (χ4n) is 2.11. The third-order valence-corrected chi connectivity index (χ3v) is 5.30. The van der Waals surface area contributed by atoms with Gasteiger partial charge in [0.1, 0.15) is 5.75 Å². The predicted molar refractivity (Wildman–Crippen MR) is 113 cm³/mol. The van der Waals surface area contributed by atoms with Crippen molar-refractivity contribution < 1.29 is 13.9 Å². The summed E-state index contributed by atoms with van der Waals surface area (Å²) < 4.78 is 12.2. The Kier molecular flexibility index (Phi) is 7.23. The first-order chi connectivity index (χ1) is 13.4. The van der Waals surface area contributed by atoms with Crippen LogP contribution in [0.1, 0.15) is 18.9 Å². The molecule has 3 aromatic rings. The first kappa shape index (κ1) is 21.0. The zero-order valence-corrected chi connectivity index (χ0v) is 18.4. The molecule has 0 saturated carbocycles. The third-order valence-electron chi connectivity index (χ3n) is 3.42. The molecule has 1 aromatic heterocycles. The molecule has 0 aliphatic rings. The van der Waals surface area contributed by atoms with Gasteiger partial charge in [-0.3, -0.25) is 4.79 Å². The molecule has 0 radical (unpaired) electrons. The van der Waals surface area contributed by atoms with E-state index >= 15 is 0 Å². The number of halogens is 3. The Bertz CT molecular complexity index is 969. The molecule has 6 nitrogen and oxygen atoms in total. The minimum atomic E-state index is -0.517. The number of rotatable bonds is 7. The zero-order valence-electron chi connectivity index (χ0n) is 14.5. The van der Waals surface area contributed by atoms with E-state index in [1.807, 2.05) is 12.1 Å². The van der Waals surface area contributed by atoms with Crippen LogP contribution in [-0.2, 0) is 4.79 Å². The lowest BCUT2D eigenvalue weighted by atomic mass is 10.3. The molecule has 0 unspecified atom stereocenters. The topological polar surface area (TPSA) is 77.2 Å². The van der Waals surface area contributed by atoms with Crippen molar-refractivity contribution in [3.8, 4) is 5.75 Å². The lowest BCUT2D eigenvalue weighted by Crippen LogP contribution is -2.13. The average molecular weight is 503 g/mol. The van der Waals surface area contributed by atoms with Crippen molar-refractivity contribution in [1.82, 2.24) is 10.2 Å². The maximum atomic E-state index is 12.0. The fourth-order valence-corrected chi connectivity index (χ4v) is 3.40. The minimum Gasteiger partial charge on any atom is -0.479 e. The molecule has 0 saturated heterocycles. The van der Waals surface area contributed by atoms with Crippen LogP contribution in [0.3, 0.4) is 0 Å². The Hall–Kier alpha value is -1.74. The summed E-state index contributed by atoms with van der Waals surface area (Å²) in [6.45, 7) is 1.76. The van der Waals surface area contributed by atoms with Crippen molar-refractivity contribution in [2.24, 2.45) is 0 Å². The van der Waals surface area contributed by atoms with Gasteiger partial charge in [0.2, 0.25) is 5.91 Å². The zero-order chi connectivity index (χ0) is 20.1. The van der Waals surface area contributed by atoms with Gasteiger partial charge in [-0.1, -0.05) is 50.9 Å². The fraction of sp³-hybridized carbons (Fsp3) is 0.167. The average Bonchev–Trinajstić information content (AvgIpc) is 3.13. The number of hydrogen-bond acceptors (Lipinski definition) is 6. The van der Waals surface area contributed by atoms with Crippen molar-refractivity contribution in [2.75, 3.05) is 11.1 Å². The number of amides is 1. The summed E-state index contributed by atoms with van der Waals surface area (Å²) in [6.07, 6.45) is -0.517. The summed E-state index contributed by atoms with van der Waals surface area (Å²) >= 11 is 16.5. The largest absolute Gasteiger partial charge is 0.479 e. The summed E-state index contributed by atoms with van der Waals surface area (Å²) in [5.74, 6) is 0.696. The van der Waals surface area contributed by atoms with Crippen LogP contribution in [-0.4, -0.2) is 21.9 Å². The van der Waals surface area contributed by atoms with Crippen LogP contribution in [0, 0.1) is 0 Å². The molecule has 1 amide bonds. The Labute approximate surface area is 184 Å². The lowest BCUT2D eigenvalue weighted by molar-refractivity contribution is -0.113. The summed E-state index contributed by atoms with van der Waals surface area (Å²) in [5, 5.41) is 11.9. The van der Waals surface area contributed by atoms with Crippen LogP contribution in [0.2, 0.25) is 10.0 Å². The second-order valence-corrected chi connectivity index (χ2v) is 8.27. The van der Waals surface area contributed by atoms with Crippen LogP contribution in [0.4, 0.5) is 5.69 Å². The van der Waals surface area contributed by atoms with E-state index in [9.17, 15) is 4.79 Å². The molecular weight excluding hydrogens is 489 g/mol. The molecule has 146 valence electrons.